The molecule has 124 valence electrons. The smallest absolute Gasteiger partial charge is 0.226 e. The van der Waals surface area contributed by atoms with Crippen LogP contribution in [-0.2, 0) is 4.79 Å². The van der Waals surface area contributed by atoms with Gasteiger partial charge in [0.25, 0.3) is 0 Å². The monoisotopic (exact) mass is 298 g/mol. The number of carbonyl (C=O) groups excluding carboxylic acids is 1. The zero-order valence-electron chi connectivity index (χ0n) is 13.7. The summed E-state index contributed by atoms with van der Waals surface area (Å²) in [5.41, 5.74) is 5.81. The van der Waals surface area contributed by atoms with Gasteiger partial charge in [0.15, 0.2) is 0 Å². The SMILES string of the molecule is CCCCCCCN(CCCO)C(=O)C1CCCC1CN. The van der Waals surface area contributed by atoms with Gasteiger partial charge < -0.3 is 15.7 Å². The lowest BCUT2D eigenvalue weighted by atomic mass is 9.94. The lowest BCUT2D eigenvalue weighted by molar-refractivity contribution is -0.136. The van der Waals surface area contributed by atoms with Gasteiger partial charge in [0.05, 0.1) is 0 Å². The first-order valence-corrected chi connectivity index (χ1v) is 8.84. The fourth-order valence-corrected chi connectivity index (χ4v) is 3.38. The summed E-state index contributed by atoms with van der Waals surface area (Å²) in [5.74, 6) is 0.783. The molecule has 0 heterocycles. The summed E-state index contributed by atoms with van der Waals surface area (Å²) in [5, 5.41) is 9.04. The highest BCUT2D eigenvalue weighted by Crippen LogP contribution is 2.32. The van der Waals surface area contributed by atoms with E-state index >= 15 is 0 Å². The van der Waals surface area contributed by atoms with Crippen molar-refractivity contribution in [1.29, 1.82) is 0 Å². The standard InChI is InChI=1S/C17H34N2O2/c1-2-3-4-5-6-11-19(12-8-13-20)17(21)16-10-7-9-15(16)14-18/h15-16,20H,2-14,18H2,1H3. The molecule has 3 N–H and O–H groups in total. The molecule has 1 fully saturated rings. The molecule has 0 radical (unpaired) electrons. The van der Waals surface area contributed by atoms with E-state index in [2.05, 4.69) is 6.92 Å². The molecule has 0 spiro atoms. The number of amides is 1. The number of hydrogen-bond acceptors (Lipinski definition) is 3. The highest BCUT2D eigenvalue weighted by Gasteiger charge is 2.34. The van der Waals surface area contributed by atoms with Gasteiger partial charge in [-0.2, -0.15) is 0 Å². The summed E-state index contributed by atoms with van der Waals surface area (Å²) in [6.45, 7) is 4.53. The Labute approximate surface area is 130 Å². The molecule has 0 aromatic heterocycles. The second-order valence-corrected chi connectivity index (χ2v) is 6.35. The molecule has 0 aromatic rings. The van der Waals surface area contributed by atoms with Crippen LogP contribution in [0.5, 0.6) is 0 Å². The van der Waals surface area contributed by atoms with E-state index in [0.29, 0.717) is 25.4 Å². The third-order valence-corrected chi connectivity index (χ3v) is 4.71. The fraction of sp³-hybridized carbons (Fsp3) is 0.941. The van der Waals surface area contributed by atoms with E-state index in [1.54, 1.807) is 0 Å². The van der Waals surface area contributed by atoms with Crippen LogP contribution in [0.25, 0.3) is 0 Å². The fourth-order valence-electron chi connectivity index (χ4n) is 3.38. The maximum Gasteiger partial charge on any atom is 0.226 e. The molecular weight excluding hydrogens is 264 g/mol. The first kappa shape index (κ1) is 18.4. The third kappa shape index (κ3) is 6.35. The molecule has 4 heteroatoms. The number of aliphatic hydroxyl groups excluding tert-OH is 1. The zero-order valence-corrected chi connectivity index (χ0v) is 13.7. The predicted molar refractivity (Wildman–Crippen MR) is 86.9 cm³/mol. The van der Waals surface area contributed by atoms with Crippen LogP contribution in [0.2, 0.25) is 0 Å². The predicted octanol–water partition coefficient (Wildman–Crippen LogP) is 2.54. The minimum Gasteiger partial charge on any atom is -0.396 e. The number of unbranched alkanes of at least 4 members (excludes halogenated alkanes) is 4. The van der Waals surface area contributed by atoms with E-state index in [-0.39, 0.29) is 18.4 Å². The number of hydrogen-bond donors (Lipinski definition) is 2. The van der Waals surface area contributed by atoms with Gasteiger partial charge in [-0.15, -0.1) is 0 Å². The van der Waals surface area contributed by atoms with Gasteiger partial charge >= 0.3 is 0 Å². The van der Waals surface area contributed by atoms with Crippen molar-refractivity contribution in [3.05, 3.63) is 0 Å². The van der Waals surface area contributed by atoms with Crippen LogP contribution in [0, 0.1) is 11.8 Å². The average Bonchev–Trinajstić information content (AvgIpc) is 2.98. The Balaban J connectivity index is 2.44. The lowest BCUT2D eigenvalue weighted by Gasteiger charge is -2.28. The first-order valence-electron chi connectivity index (χ1n) is 8.84. The maximum atomic E-state index is 12.7. The molecule has 2 atom stereocenters. The summed E-state index contributed by atoms with van der Waals surface area (Å²) in [6, 6.07) is 0. The molecule has 0 aromatic carbocycles. The second-order valence-electron chi connectivity index (χ2n) is 6.35. The number of nitrogens with zero attached hydrogens (tertiary/aromatic N) is 1. The van der Waals surface area contributed by atoms with Crippen LogP contribution < -0.4 is 5.73 Å². The van der Waals surface area contributed by atoms with Crippen molar-refractivity contribution in [1.82, 2.24) is 4.90 Å². The third-order valence-electron chi connectivity index (χ3n) is 4.71. The molecule has 2 unspecified atom stereocenters. The largest absolute Gasteiger partial charge is 0.396 e. The molecule has 1 saturated carbocycles. The number of nitrogens with two attached hydrogens (primary N) is 1. The Hall–Kier alpha value is -0.610. The number of rotatable bonds is 11. The molecule has 4 nitrogen and oxygen atoms in total. The van der Waals surface area contributed by atoms with E-state index in [4.69, 9.17) is 10.8 Å². The quantitative estimate of drug-likeness (QED) is 0.576. The average molecular weight is 298 g/mol. The molecular formula is C17H34N2O2. The highest BCUT2D eigenvalue weighted by molar-refractivity contribution is 5.79. The Bertz CT molecular complexity index is 284. The Morgan fingerprint density at radius 1 is 1.14 bits per heavy atom. The molecule has 1 rings (SSSR count). The molecule has 0 saturated heterocycles. The van der Waals surface area contributed by atoms with Gasteiger partial charge in [0, 0.05) is 25.6 Å². The van der Waals surface area contributed by atoms with E-state index in [1.807, 2.05) is 4.90 Å². The van der Waals surface area contributed by atoms with Crippen molar-refractivity contribution in [2.24, 2.45) is 17.6 Å². The molecule has 0 aliphatic heterocycles. The van der Waals surface area contributed by atoms with Gasteiger partial charge in [0.2, 0.25) is 5.91 Å². The Morgan fingerprint density at radius 3 is 2.52 bits per heavy atom. The van der Waals surface area contributed by atoms with Gasteiger partial charge in [-0.25, -0.2) is 0 Å². The van der Waals surface area contributed by atoms with Crippen molar-refractivity contribution in [2.75, 3.05) is 26.2 Å². The summed E-state index contributed by atoms with van der Waals surface area (Å²) >= 11 is 0. The molecule has 0 bridgehead atoms. The summed E-state index contributed by atoms with van der Waals surface area (Å²) < 4.78 is 0. The van der Waals surface area contributed by atoms with Gasteiger partial charge in [-0.3, -0.25) is 4.79 Å². The van der Waals surface area contributed by atoms with Crippen LogP contribution in [0.4, 0.5) is 0 Å². The van der Waals surface area contributed by atoms with Crippen LogP contribution in [0.1, 0.15) is 64.7 Å². The minimum absolute atomic E-state index is 0.129. The topological polar surface area (TPSA) is 66.6 Å². The van der Waals surface area contributed by atoms with E-state index in [0.717, 1.165) is 32.2 Å². The normalized spacial score (nSPS) is 21.7. The number of aliphatic hydroxyl groups is 1. The van der Waals surface area contributed by atoms with Crippen LogP contribution in [0.15, 0.2) is 0 Å². The number of carbonyl (C=O) groups is 1. The van der Waals surface area contributed by atoms with Gasteiger partial charge in [-0.05, 0) is 38.1 Å². The van der Waals surface area contributed by atoms with Crippen molar-refractivity contribution in [2.45, 2.75) is 64.7 Å². The Morgan fingerprint density at radius 2 is 1.86 bits per heavy atom. The van der Waals surface area contributed by atoms with Gasteiger partial charge in [0.1, 0.15) is 0 Å². The summed E-state index contributed by atoms with van der Waals surface area (Å²) in [6.07, 6.45) is 9.95. The lowest BCUT2D eigenvalue weighted by Crippen LogP contribution is -2.40. The van der Waals surface area contributed by atoms with Crippen molar-refractivity contribution < 1.29 is 9.90 Å². The summed E-state index contributed by atoms with van der Waals surface area (Å²) in [7, 11) is 0. The van der Waals surface area contributed by atoms with Crippen LogP contribution in [-0.4, -0.2) is 42.2 Å². The van der Waals surface area contributed by atoms with Crippen molar-refractivity contribution in [3.8, 4) is 0 Å². The zero-order chi connectivity index (χ0) is 15.5. The van der Waals surface area contributed by atoms with E-state index in [1.165, 1.54) is 25.7 Å². The summed E-state index contributed by atoms with van der Waals surface area (Å²) in [4.78, 5) is 14.7. The molecule has 1 aliphatic rings. The van der Waals surface area contributed by atoms with Crippen molar-refractivity contribution in [3.63, 3.8) is 0 Å². The molecule has 21 heavy (non-hydrogen) atoms. The minimum atomic E-state index is 0.129. The Kier molecular flexibility index (Phi) is 9.68. The van der Waals surface area contributed by atoms with Crippen molar-refractivity contribution >= 4 is 5.91 Å². The molecule has 1 amide bonds. The highest BCUT2D eigenvalue weighted by atomic mass is 16.3. The molecule has 1 aliphatic carbocycles. The first-order chi connectivity index (χ1) is 10.2. The van der Waals surface area contributed by atoms with Crippen LogP contribution >= 0.6 is 0 Å². The van der Waals surface area contributed by atoms with E-state index in [9.17, 15) is 4.79 Å². The second kappa shape index (κ2) is 11.0. The maximum absolute atomic E-state index is 12.7. The van der Waals surface area contributed by atoms with E-state index < -0.39 is 0 Å². The van der Waals surface area contributed by atoms with Gasteiger partial charge in [-0.1, -0.05) is 39.0 Å². The van der Waals surface area contributed by atoms with Crippen LogP contribution in [0.3, 0.4) is 0 Å².